The second-order valence-electron chi connectivity index (χ2n) is 4.43. The maximum absolute atomic E-state index is 11.3. The Kier molecular flexibility index (Phi) is 7.60. The van der Waals surface area contributed by atoms with Crippen LogP contribution >= 0.6 is 15.2 Å². The van der Waals surface area contributed by atoms with Crippen molar-refractivity contribution < 1.29 is 28.7 Å². The van der Waals surface area contributed by atoms with Gasteiger partial charge in [-0.3, -0.25) is 9.13 Å². The van der Waals surface area contributed by atoms with Crippen LogP contribution in [0.2, 0.25) is 0 Å². The average molecular weight is 300 g/mol. The van der Waals surface area contributed by atoms with Crippen molar-refractivity contribution in [1.82, 2.24) is 0 Å². The monoisotopic (exact) mass is 300 g/mol. The van der Waals surface area contributed by atoms with E-state index in [1.807, 2.05) is 6.92 Å². The van der Waals surface area contributed by atoms with Crippen LogP contribution in [0.4, 0.5) is 0 Å². The fourth-order valence-electron chi connectivity index (χ4n) is 1.58. The van der Waals surface area contributed by atoms with E-state index in [1.54, 1.807) is 19.1 Å². The molecule has 0 fully saturated rings. The SMILES string of the molecule is CCCCC=CC(C)C(CP(=O)(O)O)P(=O)(O)O. The van der Waals surface area contributed by atoms with Gasteiger partial charge in [0.25, 0.3) is 0 Å². The number of hydrogen-bond acceptors (Lipinski definition) is 2. The Balaban J connectivity index is 4.72. The molecule has 2 atom stereocenters. The van der Waals surface area contributed by atoms with Crippen LogP contribution < -0.4 is 0 Å². The van der Waals surface area contributed by atoms with Gasteiger partial charge in [-0.25, -0.2) is 0 Å². The molecule has 0 aromatic rings. The van der Waals surface area contributed by atoms with Crippen LogP contribution in [0, 0.1) is 5.92 Å². The third-order valence-corrected chi connectivity index (χ3v) is 5.30. The third-order valence-electron chi connectivity index (χ3n) is 2.63. The smallest absolute Gasteiger partial charge is 0.324 e. The lowest BCUT2D eigenvalue weighted by molar-refractivity contribution is 0.336. The molecule has 8 heteroatoms. The van der Waals surface area contributed by atoms with Crippen molar-refractivity contribution in [3.63, 3.8) is 0 Å². The van der Waals surface area contributed by atoms with Gasteiger partial charge < -0.3 is 19.6 Å². The van der Waals surface area contributed by atoms with E-state index >= 15 is 0 Å². The Labute approximate surface area is 107 Å². The van der Waals surface area contributed by atoms with Crippen LogP contribution in [0.15, 0.2) is 12.2 Å². The van der Waals surface area contributed by atoms with E-state index in [4.69, 9.17) is 19.6 Å². The zero-order chi connectivity index (χ0) is 14.4. The summed E-state index contributed by atoms with van der Waals surface area (Å²) in [5.74, 6) is -0.574. The van der Waals surface area contributed by atoms with Crippen molar-refractivity contribution >= 4 is 15.2 Å². The van der Waals surface area contributed by atoms with E-state index in [0.29, 0.717) is 0 Å². The van der Waals surface area contributed by atoms with Gasteiger partial charge in [0.1, 0.15) is 0 Å². The predicted molar refractivity (Wildman–Crippen MR) is 70.6 cm³/mol. The van der Waals surface area contributed by atoms with Crippen LogP contribution in [-0.4, -0.2) is 31.4 Å². The van der Waals surface area contributed by atoms with Crippen molar-refractivity contribution in [1.29, 1.82) is 0 Å². The first-order valence-electron chi connectivity index (χ1n) is 5.84. The fourth-order valence-corrected chi connectivity index (χ4v) is 4.60. The van der Waals surface area contributed by atoms with Gasteiger partial charge >= 0.3 is 15.2 Å². The molecule has 0 bridgehead atoms. The maximum Gasteiger partial charge on any atom is 0.329 e. The molecule has 4 N–H and O–H groups in total. The summed E-state index contributed by atoms with van der Waals surface area (Å²) in [4.78, 5) is 36.0. The highest BCUT2D eigenvalue weighted by atomic mass is 31.2. The predicted octanol–water partition coefficient (Wildman–Crippen LogP) is 2.09. The quantitative estimate of drug-likeness (QED) is 0.310. The van der Waals surface area contributed by atoms with Crippen LogP contribution in [0.3, 0.4) is 0 Å². The topological polar surface area (TPSA) is 115 Å². The van der Waals surface area contributed by atoms with Crippen molar-refractivity contribution in [2.75, 3.05) is 6.16 Å². The molecule has 0 spiro atoms. The Bertz CT molecular complexity index is 355. The van der Waals surface area contributed by atoms with E-state index < -0.39 is 32.9 Å². The van der Waals surface area contributed by atoms with Crippen molar-refractivity contribution in [2.45, 2.75) is 38.8 Å². The first kappa shape index (κ1) is 18.0. The molecular formula is C10H22O6P2. The highest BCUT2D eigenvalue weighted by molar-refractivity contribution is 7.56. The minimum atomic E-state index is -4.53. The van der Waals surface area contributed by atoms with Crippen molar-refractivity contribution in [3.05, 3.63) is 12.2 Å². The minimum absolute atomic E-state index is 0.574. The molecule has 18 heavy (non-hydrogen) atoms. The van der Waals surface area contributed by atoms with E-state index in [-0.39, 0.29) is 0 Å². The molecule has 108 valence electrons. The number of allylic oxidation sites excluding steroid dienone is 2. The molecule has 0 aliphatic heterocycles. The molecule has 0 aliphatic carbocycles. The van der Waals surface area contributed by atoms with Gasteiger partial charge in [-0.05, 0) is 12.3 Å². The third kappa shape index (κ3) is 8.20. The highest BCUT2D eigenvalue weighted by Gasteiger charge is 2.37. The summed E-state index contributed by atoms with van der Waals surface area (Å²) in [5.41, 5.74) is -1.34. The molecule has 6 nitrogen and oxygen atoms in total. The normalized spacial score (nSPS) is 17.0. The molecule has 0 aromatic heterocycles. The summed E-state index contributed by atoms with van der Waals surface area (Å²) in [6, 6.07) is 0. The van der Waals surface area contributed by atoms with Crippen molar-refractivity contribution in [2.24, 2.45) is 5.92 Å². The molecule has 0 rings (SSSR count). The summed E-state index contributed by atoms with van der Waals surface area (Å²) < 4.78 is 22.2. The molecule has 0 saturated carbocycles. The van der Waals surface area contributed by atoms with Crippen LogP contribution in [-0.2, 0) is 9.13 Å². The standard InChI is InChI=1S/C10H22O6P2/c1-3-4-5-6-7-9(2)10(18(14,15)16)8-17(11,12)13/h6-7,9-10H,3-5,8H2,1-2H3,(H2,11,12,13)(H2,14,15,16). The molecule has 0 aliphatic rings. The summed E-state index contributed by atoms with van der Waals surface area (Å²) in [7, 11) is -8.97. The minimum Gasteiger partial charge on any atom is -0.324 e. The number of hydrogen-bond donors (Lipinski definition) is 4. The zero-order valence-corrected chi connectivity index (χ0v) is 12.4. The Hall–Kier alpha value is 0.0400. The van der Waals surface area contributed by atoms with Gasteiger partial charge in [0.05, 0.1) is 11.8 Å². The Morgan fingerprint density at radius 2 is 1.72 bits per heavy atom. The number of unbranched alkanes of at least 4 members (excludes halogenated alkanes) is 2. The van der Waals surface area contributed by atoms with Gasteiger partial charge in [-0.2, -0.15) is 0 Å². The van der Waals surface area contributed by atoms with E-state index in [1.165, 1.54) is 0 Å². The lowest BCUT2D eigenvalue weighted by atomic mass is 10.1. The van der Waals surface area contributed by atoms with Crippen LogP contribution in [0.5, 0.6) is 0 Å². The Morgan fingerprint density at radius 1 is 1.17 bits per heavy atom. The molecular weight excluding hydrogens is 278 g/mol. The zero-order valence-electron chi connectivity index (χ0n) is 10.6. The fraction of sp³-hybridized carbons (Fsp3) is 0.800. The molecule has 0 saturated heterocycles. The van der Waals surface area contributed by atoms with Gasteiger partial charge in [0.15, 0.2) is 0 Å². The Morgan fingerprint density at radius 3 is 2.11 bits per heavy atom. The van der Waals surface area contributed by atoms with E-state index in [2.05, 4.69) is 0 Å². The van der Waals surface area contributed by atoms with Gasteiger partial charge in [-0.15, -0.1) is 0 Å². The molecule has 0 radical (unpaired) electrons. The first-order chi connectivity index (χ1) is 8.08. The van der Waals surface area contributed by atoms with Crippen LogP contribution in [0.25, 0.3) is 0 Å². The first-order valence-corrected chi connectivity index (χ1v) is 9.32. The second kappa shape index (κ2) is 7.59. The van der Waals surface area contributed by atoms with Gasteiger partial charge in [0.2, 0.25) is 0 Å². The van der Waals surface area contributed by atoms with E-state index in [9.17, 15) is 9.13 Å². The average Bonchev–Trinajstić information content (AvgIpc) is 2.18. The van der Waals surface area contributed by atoms with Crippen LogP contribution in [0.1, 0.15) is 33.1 Å². The molecule has 0 aromatic carbocycles. The lowest BCUT2D eigenvalue weighted by Gasteiger charge is -2.22. The maximum atomic E-state index is 11.3. The highest BCUT2D eigenvalue weighted by Crippen LogP contribution is 2.51. The van der Waals surface area contributed by atoms with E-state index in [0.717, 1.165) is 19.3 Å². The second-order valence-corrected chi connectivity index (χ2v) is 7.97. The molecule has 0 amide bonds. The van der Waals surface area contributed by atoms with Gasteiger partial charge in [0, 0.05) is 0 Å². The molecule has 0 heterocycles. The summed E-state index contributed by atoms with van der Waals surface area (Å²) >= 11 is 0. The lowest BCUT2D eigenvalue weighted by Crippen LogP contribution is -2.21. The van der Waals surface area contributed by atoms with Gasteiger partial charge in [-0.1, -0.05) is 38.8 Å². The summed E-state index contributed by atoms with van der Waals surface area (Å²) in [6.07, 6.45) is 5.41. The molecule has 2 unspecified atom stereocenters. The van der Waals surface area contributed by atoms with Crippen molar-refractivity contribution in [3.8, 4) is 0 Å². The number of rotatable bonds is 8. The summed E-state index contributed by atoms with van der Waals surface area (Å²) in [6.45, 7) is 3.59. The largest absolute Gasteiger partial charge is 0.329 e. The summed E-state index contributed by atoms with van der Waals surface area (Å²) in [5, 5.41) is 0.